The van der Waals surface area contributed by atoms with Crippen molar-refractivity contribution in [2.24, 2.45) is 0 Å². The van der Waals surface area contributed by atoms with Crippen LogP contribution in [0.4, 0.5) is 13.2 Å². The highest BCUT2D eigenvalue weighted by Gasteiger charge is 2.48. The zero-order valence-electron chi connectivity index (χ0n) is 12.1. The van der Waals surface area contributed by atoms with E-state index in [9.17, 15) is 21.6 Å². The van der Waals surface area contributed by atoms with Gasteiger partial charge in [-0.1, -0.05) is 18.2 Å². The number of hydrogen-bond donors (Lipinski definition) is 1. The van der Waals surface area contributed by atoms with E-state index >= 15 is 0 Å². The zero-order valence-corrected chi connectivity index (χ0v) is 14.6. The Balaban J connectivity index is 2.01. The maximum absolute atomic E-state index is 12.9. The minimum atomic E-state index is -5.49. The molecule has 0 aliphatic rings. The van der Waals surface area contributed by atoms with Gasteiger partial charge in [0, 0.05) is 4.90 Å². The number of alkyl halides is 3. The summed E-state index contributed by atoms with van der Waals surface area (Å²) in [5.41, 5.74) is -5.40. The molecule has 12 heteroatoms. The highest BCUT2D eigenvalue weighted by Crippen LogP contribution is 2.38. The Morgan fingerprint density at radius 2 is 1.84 bits per heavy atom. The van der Waals surface area contributed by atoms with Gasteiger partial charge in [-0.25, -0.2) is 13.1 Å². The minimum Gasteiger partial charge on any atom is -0.335 e. The van der Waals surface area contributed by atoms with Gasteiger partial charge in [-0.2, -0.15) is 13.2 Å². The lowest BCUT2D eigenvalue weighted by Crippen LogP contribution is -2.23. The van der Waals surface area contributed by atoms with E-state index in [1.807, 2.05) is 5.38 Å². The molecule has 3 rings (SSSR count). The molecule has 0 unspecified atom stereocenters. The van der Waals surface area contributed by atoms with Gasteiger partial charge in [0.2, 0.25) is 5.16 Å². The summed E-state index contributed by atoms with van der Waals surface area (Å²) in [6, 6.07) is 8.33. The number of nitrogens with zero attached hydrogens (tertiary/aromatic N) is 3. The molecule has 25 heavy (non-hydrogen) atoms. The number of nitrogens with two attached hydrogens (primary N) is 1. The van der Waals surface area contributed by atoms with Crippen molar-refractivity contribution in [1.82, 2.24) is 14.9 Å². The number of nitrogen functional groups attached to an aromatic ring is 1. The quantitative estimate of drug-likeness (QED) is 0.670. The molecule has 2 N–H and O–H groups in total. The molecule has 0 fully saturated rings. The summed E-state index contributed by atoms with van der Waals surface area (Å²) in [5.74, 6) is 6.22. The molecule has 0 atom stereocenters. The molecule has 0 amide bonds. The summed E-state index contributed by atoms with van der Waals surface area (Å²) in [6.45, 7) is 0. The average molecular weight is 406 g/mol. The van der Waals surface area contributed by atoms with E-state index in [0.717, 1.165) is 15.6 Å². The lowest BCUT2D eigenvalue weighted by atomic mass is 10.4. The SMILES string of the molecule is Nn1c(Sc2ccccc2S(=O)(=O)C(F)(F)F)nnc1-c1cccs1. The second-order valence-corrected chi connectivity index (χ2v) is 8.52. The Kier molecular flexibility index (Phi) is 4.51. The minimum absolute atomic E-state index is 0.0632. The van der Waals surface area contributed by atoms with E-state index in [1.54, 1.807) is 12.1 Å². The maximum Gasteiger partial charge on any atom is 0.501 e. The lowest BCUT2D eigenvalue weighted by Gasteiger charge is -2.11. The fourth-order valence-electron chi connectivity index (χ4n) is 1.90. The van der Waals surface area contributed by atoms with Crippen LogP contribution >= 0.6 is 23.1 Å². The van der Waals surface area contributed by atoms with Crippen LogP contribution in [0.2, 0.25) is 0 Å². The van der Waals surface area contributed by atoms with Crippen molar-refractivity contribution in [2.45, 2.75) is 20.5 Å². The van der Waals surface area contributed by atoms with Gasteiger partial charge in [-0.15, -0.1) is 21.5 Å². The van der Waals surface area contributed by atoms with Crippen LogP contribution in [0.25, 0.3) is 10.7 Å². The predicted molar refractivity (Wildman–Crippen MR) is 87.3 cm³/mol. The van der Waals surface area contributed by atoms with Crippen molar-refractivity contribution in [3.05, 3.63) is 41.8 Å². The first-order chi connectivity index (χ1) is 11.7. The molecule has 0 aliphatic heterocycles. The van der Waals surface area contributed by atoms with E-state index in [1.165, 1.54) is 29.5 Å². The van der Waals surface area contributed by atoms with Crippen LogP contribution in [0.15, 0.2) is 56.7 Å². The molecule has 0 saturated heterocycles. The van der Waals surface area contributed by atoms with Crippen molar-refractivity contribution >= 4 is 32.9 Å². The third-order valence-electron chi connectivity index (χ3n) is 3.05. The molecule has 2 heterocycles. The molecule has 0 aliphatic carbocycles. The smallest absolute Gasteiger partial charge is 0.335 e. The summed E-state index contributed by atoms with van der Waals surface area (Å²) < 4.78 is 63.1. The van der Waals surface area contributed by atoms with Gasteiger partial charge in [0.05, 0.1) is 9.77 Å². The number of sulfone groups is 1. The van der Waals surface area contributed by atoms with E-state index in [4.69, 9.17) is 5.84 Å². The summed E-state index contributed by atoms with van der Waals surface area (Å²) >= 11 is 2.06. The number of thiophene rings is 1. The van der Waals surface area contributed by atoms with Crippen LogP contribution in [0, 0.1) is 0 Å². The predicted octanol–water partition coefficient (Wildman–Crippen LogP) is 3.17. The first-order valence-corrected chi connectivity index (χ1v) is 9.72. The molecular formula is C13H9F3N4O2S3. The fraction of sp³-hybridized carbons (Fsp3) is 0.0769. The third-order valence-corrected chi connectivity index (χ3v) is 6.63. The fourth-order valence-corrected chi connectivity index (χ4v) is 4.68. The molecular weight excluding hydrogens is 397 g/mol. The van der Waals surface area contributed by atoms with Gasteiger partial charge in [0.1, 0.15) is 0 Å². The number of aromatic nitrogens is 3. The second kappa shape index (κ2) is 6.35. The molecule has 0 saturated carbocycles. The Morgan fingerprint density at radius 3 is 2.48 bits per heavy atom. The third kappa shape index (κ3) is 3.24. The van der Waals surface area contributed by atoms with Crippen LogP contribution in [0.1, 0.15) is 0 Å². The average Bonchev–Trinajstić information content (AvgIpc) is 3.17. The number of hydrogen-bond acceptors (Lipinski definition) is 7. The summed E-state index contributed by atoms with van der Waals surface area (Å²) in [4.78, 5) is -0.275. The lowest BCUT2D eigenvalue weighted by molar-refractivity contribution is -0.0437. The zero-order chi connectivity index (χ0) is 18.2. The molecule has 6 nitrogen and oxygen atoms in total. The van der Waals surface area contributed by atoms with Crippen molar-refractivity contribution in [2.75, 3.05) is 5.84 Å². The Morgan fingerprint density at radius 1 is 1.12 bits per heavy atom. The van der Waals surface area contributed by atoms with E-state index in [0.29, 0.717) is 17.6 Å². The van der Waals surface area contributed by atoms with Crippen molar-refractivity contribution in [3.8, 4) is 10.7 Å². The molecule has 0 bridgehead atoms. The summed E-state index contributed by atoms with van der Waals surface area (Å²) in [7, 11) is -5.49. The van der Waals surface area contributed by atoms with Crippen LogP contribution in [-0.2, 0) is 9.84 Å². The van der Waals surface area contributed by atoms with E-state index in [2.05, 4.69) is 10.2 Å². The van der Waals surface area contributed by atoms with Crippen molar-refractivity contribution in [3.63, 3.8) is 0 Å². The monoisotopic (exact) mass is 406 g/mol. The maximum atomic E-state index is 12.9. The number of benzene rings is 1. The van der Waals surface area contributed by atoms with Crippen molar-refractivity contribution in [1.29, 1.82) is 0 Å². The Bertz CT molecular complexity index is 998. The largest absolute Gasteiger partial charge is 0.501 e. The first kappa shape index (κ1) is 17.8. The molecule has 1 aromatic carbocycles. The summed E-state index contributed by atoms with van der Waals surface area (Å²) in [5, 5.41) is 9.61. The van der Waals surface area contributed by atoms with Crippen LogP contribution in [-0.4, -0.2) is 28.8 Å². The van der Waals surface area contributed by atoms with Gasteiger partial charge in [0.25, 0.3) is 9.84 Å². The number of rotatable bonds is 4. The molecule has 0 radical (unpaired) electrons. The van der Waals surface area contributed by atoms with Crippen molar-refractivity contribution < 1.29 is 21.6 Å². The van der Waals surface area contributed by atoms with E-state index < -0.39 is 20.2 Å². The molecule has 3 aromatic rings. The van der Waals surface area contributed by atoms with Gasteiger partial charge in [0.15, 0.2) is 5.82 Å². The summed E-state index contributed by atoms with van der Waals surface area (Å²) in [6.07, 6.45) is 0. The van der Waals surface area contributed by atoms with Gasteiger partial charge in [-0.3, -0.25) is 0 Å². The van der Waals surface area contributed by atoms with Crippen LogP contribution < -0.4 is 5.84 Å². The van der Waals surface area contributed by atoms with Crippen LogP contribution in [0.5, 0.6) is 0 Å². The van der Waals surface area contributed by atoms with Gasteiger partial charge < -0.3 is 5.84 Å². The second-order valence-electron chi connectivity index (χ2n) is 4.65. The first-order valence-electron chi connectivity index (χ1n) is 6.54. The van der Waals surface area contributed by atoms with Gasteiger partial charge in [-0.05, 0) is 35.3 Å². The standard InChI is InChI=1S/C13H9F3N4O2S3/c14-13(15,16)25(21,22)10-6-2-1-4-8(10)24-12-19-18-11(20(12)17)9-5-3-7-23-9/h1-7H,17H2. The van der Waals surface area contributed by atoms with E-state index in [-0.39, 0.29) is 10.1 Å². The Labute approximate surface area is 148 Å². The highest BCUT2D eigenvalue weighted by atomic mass is 32.2. The molecule has 2 aromatic heterocycles. The molecule has 0 spiro atoms. The Hall–Kier alpha value is -2.05. The number of halogens is 3. The van der Waals surface area contributed by atoms with Gasteiger partial charge >= 0.3 is 5.51 Å². The topological polar surface area (TPSA) is 90.9 Å². The normalized spacial score (nSPS) is 12.4. The highest BCUT2D eigenvalue weighted by molar-refractivity contribution is 8.00. The molecule has 132 valence electrons. The van der Waals surface area contributed by atoms with Crippen LogP contribution in [0.3, 0.4) is 0 Å².